The first-order valence-electron chi connectivity index (χ1n) is 9.46. The predicted octanol–water partition coefficient (Wildman–Crippen LogP) is 4.43. The number of carbonyl (C=O) groups is 3. The van der Waals surface area contributed by atoms with Gasteiger partial charge in [-0.05, 0) is 42.1 Å². The van der Waals surface area contributed by atoms with Crippen LogP contribution in [0.3, 0.4) is 0 Å². The van der Waals surface area contributed by atoms with Gasteiger partial charge in [-0.25, -0.2) is 4.79 Å². The number of thiocarbonyl (C=S) groups is 1. The molecule has 35 heavy (non-hydrogen) atoms. The molecule has 2 N–H and O–H groups in total. The zero-order valence-corrected chi connectivity index (χ0v) is 21.6. The molecular weight excluding hydrogens is 563 g/mol. The summed E-state index contributed by atoms with van der Waals surface area (Å²) in [6.45, 7) is -1.00. The molecule has 1 saturated heterocycles. The van der Waals surface area contributed by atoms with E-state index in [4.69, 9.17) is 66.3 Å². The second-order valence-corrected chi connectivity index (χ2v) is 9.53. The summed E-state index contributed by atoms with van der Waals surface area (Å²) < 4.78 is 15.8. The summed E-state index contributed by atoms with van der Waals surface area (Å²) in [5.74, 6) is -1.69. The Morgan fingerprint density at radius 2 is 1.74 bits per heavy atom. The van der Waals surface area contributed by atoms with Crippen molar-refractivity contribution in [3.05, 3.63) is 55.9 Å². The second-order valence-electron chi connectivity index (χ2n) is 6.63. The summed E-state index contributed by atoms with van der Waals surface area (Å²) in [4.78, 5) is 36.1. The molecule has 0 unspecified atom stereocenters. The molecule has 1 fully saturated rings. The van der Waals surface area contributed by atoms with Crippen LogP contribution in [0.5, 0.6) is 17.2 Å². The molecule has 1 aliphatic heterocycles. The minimum atomic E-state index is -1.13. The molecule has 2 aromatic carbocycles. The standard InChI is InChI=1S/C21H15Cl3N2O7S2/c1-31-16-4-10(2-3-14(16)33-9-19(28)29)5-17-20(30)26(21(34)35-17)25-18(27)8-32-15-7-12(23)11(22)6-13(15)24/h2-7H,8-9H2,1H3,(H,25,27)(H,28,29). The zero-order valence-electron chi connectivity index (χ0n) is 17.7. The lowest BCUT2D eigenvalue weighted by Crippen LogP contribution is -2.46. The van der Waals surface area contributed by atoms with Gasteiger partial charge in [-0.2, -0.15) is 5.01 Å². The minimum Gasteiger partial charge on any atom is -0.493 e. The smallest absolute Gasteiger partial charge is 0.341 e. The van der Waals surface area contributed by atoms with Crippen molar-refractivity contribution in [1.82, 2.24) is 10.4 Å². The summed E-state index contributed by atoms with van der Waals surface area (Å²) in [5, 5.41) is 10.3. The van der Waals surface area contributed by atoms with E-state index >= 15 is 0 Å². The van der Waals surface area contributed by atoms with E-state index in [1.165, 1.54) is 25.3 Å². The number of aliphatic carboxylic acids is 1. The molecule has 0 atom stereocenters. The van der Waals surface area contributed by atoms with Crippen LogP contribution in [0.4, 0.5) is 0 Å². The number of thioether (sulfide) groups is 1. The predicted molar refractivity (Wildman–Crippen MR) is 136 cm³/mol. The molecule has 9 nitrogen and oxygen atoms in total. The number of nitrogens with one attached hydrogen (secondary N) is 1. The molecule has 1 heterocycles. The lowest BCUT2D eigenvalue weighted by atomic mass is 10.2. The maximum absolute atomic E-state index is 12.8. The summed E-state index contributed by atoms with van der Waals surface area (Å²) in [6, 6.07) is 7.44. The van der Waals surface area contributed by atoms with Gasteiger partial charge in [0.05, 0.1) is 27.1 Å². The van der Waals surface area contributed by atoms with Crippen LogP contribution in [0, 0.1) is 0 Å². The number of ether oxygens (including phenoxy) is 3. The number of amides is 2. The van der Waals surface area contributed by atoms with Crippen molar-refractivity contribution in [3.63, 3.8) is 0 Å². The summed E-state index contributed by atoms with van der Waals surface area (Å²) in [7, 11) is 1.40. The first kappa shape index (κ1) is 26.9. The Hall–Kier alpha value is -2.70. The van der Waals surface area contributed by atoms with Crippen LogP contribution in [0.15, 0.2) is 35.2 Å². The number of carboxylic acids is 1. The van der Waals surface area contributed by atoms with Gasteiger partial charge in [0.1, 0.15) is 5.75 Å². The van der Waals surface area contributed by atoms with E-state index < -0.39 is 31.0 Å². The minimum absolute atomic E-state index is 0.107. The monoisotopic (exact) mass is 576 g/mol. The number of halogens is 3. The Kier molecular flexibility index (Phi) is 9.09. The maximum atomic E-state index is 12.8. The average Bonchev–Trinajstić information content (AvgIpc) is 3.06. The fourth-order valence-electron chi connectivity index (χ4n) is 2.66. The van der Waals surface area contributed by atoms with E-state index in [-0.39, 0.29) is 41.5 Å². The van der Waals surface area contributed by atoms with Gasteiger partial charge in [-0.3, -0.25) is 15.0 Å². The van der Waals surface area contributed by atoms with Gasteiger partial charge in [0.2, 0.25) is 0 Å². The summed E-state index contributed by atoms with van der Waals surface area (Å²) in [5.41, 5.74) is 2.95. The lowest BCUT2D eigenvalue weighted by Gasteiger charge is -2.16. The van der Waals surface area contributed by atoms with Gasteiger partial charge >= 0.3 is 5.97 Å². The molecule has 1 aliphatic rings. The molecular formula is C21H15Cl3N2O7S2. The van der Waals surface area contributed by atoms with Gasteiger partial charge in [0.15, 0.2) is 29.0 Å². The second kappa shape index (κ2) is 11.8. The number of benzene rings is 2. The topological polar surface area (TPSA) is 114 Å². The largest absolute Gasteiger partial charge is 0.493 e. The number of carbonyl (C=O) groups excluding carboxylic acids is 2. The van der Waals surface area contributed by atoms with Crippen LogP contribution in [-0.4, -0.2) is 52.5 Å². The number of nitrogens with zero attached hydrogens (tertiary/aromatic N) is 1. The van der Waals surface area contributed by atoms with Crippen molar-refractivity contribution in [3.8, 4) is 17.2 Å². The molecule has 2 aromatic rings. The van der Waals surface area contributed by atoms with Crippen molar-refractivity contribution >= 4 is 87.0 Å². The van der Waals surface area contributed by atoms with E-state index in [1.54, 1.807) is 18.2 Å². The van der Waals surface area contributed by atoms with Crippen LogP contribution >= 0.6 is 58.8 Å². The van der Waals surface area contributed by atoms with Gasteiger partial charge < -0.3 is 19.3 Å². The third-order valence-corrected chi connectivity index (χ3v) is 6.52. The normalized spacial score (nSPS) is 14.3. The molecule has 2 amide bonds. The third-order valence-electron chi connectivity index (χ3n) is 4.20. The third kappa shape index (κ3) is 6.92. The van der Waals surface area contributed by atoms with E-state index in [0.29, 0.717) is 5.56 Å². The number of hydrogen-bond acceptors (Lipinski definition) is 8. The fourth-order valence-corrected chi connectivity index (χ4v) is 4.43. The Morgan fingerprint density at radius 3 is 2.43 bits per heavy atom. The Bertz CT molecular complexity index is 1240. The number of rotatable bonds is 9. The Labute approximate surface area is 223 Å². The number of methoxy groups -OCH3 is 1. The van der Waals surface area contributed by atoms with Gasteiger partial charge in [0.25, 0.3) is 11.8 Å². The fraction of sp³-hybridized carbons (Fsp3) is 0.143. The number of carboxylic acid groups (broad SMARTS) is 1. The van der Waals surface area contributed by atoms with Crippen molar-refractivity contribution in [2.45, 2.75) is 0 Å². The van der Waals surface area contributed by atoms with Crippen molar-refractivity contribution < 1.29 is 33.7 Å². The molecule has 14 heteroatoms. The number of hydrogen-bond donors (Lipinski definition) is 2. The van der Waals surface area contributed by atoms with Gasteiger partial charge in [-0.1, -0.05) is 52.6 Å². The van der Waals surface area contributed by atoms with Crippen LogP contribution in [0.25, 0.3) is 6.08 Å². The van der Waals surface area contributed by atoms with Gasteiger partial charge in [0, 0.05) is 6.07 Å². The van der Waals surface area contributed by atoms with Crippen molar-refractivity contribution in [2.75, 3.05) is 20.3 Å². The van der Waals surface area contributed by atoms with Crippen LogP contribution in [0.2, 0.25) is 15.1 Å². The molecule has 3 rings (SSSR count). The van der Waals surface area contributed by atoms with E-state index in [9.17, 15) is 14.4 Å². The molecule has 0 aliphatic carbocycles. The first-order valence-corrected chi connectivity index (χ1v) is 11.8. The van der Waals surface area contributed by atoms with Crippen molar-refractivity contribution in [1.29, 1.82) is 0 Å². The molecule has 0 radical (unpaired) electrons. The summed E-state index contributed by atoms with van der Waals surface area (Å²) in [6.07, 6.45) is 1.54. The highest BCUT2D eigenvalue weighted by Crippen LogP contribution is 2.35. The highest BCUT2D eigenvalue weighted by molar-refractivity contribution is 8.26. The number of hydrazine groups is 1. The molecule has 0 bridgehead atoms. The zero-order chi connectivity index (χ0) is 25.7. The molecule has 0 spiro atoms. The van der Waals surface area contributed by atoms with E-state index in [2.05, 4.69) is 5.43 Å². The van der Waals surface area contributed by atoms with Crippen LogP contribution in [-0.2, 0) is 14.4 Å². The SMILES string of the molecule is COc1cc(C=C2SC(=S)N(NC(=O)COc3cc(Cl)c(Cl)cc3Cl)C2=O)ccc1OCC(=O)O. The van der Waals surface area contributed by atoms with Gasteiger partial charge in [-0.15, -0.1) is 0 Å². The first-order chi connectivity index (χ1) is 16.6. The highest BCUT2D eigenvalue weighted by Gasteiger charge is 2.33. The Balaban J connectivity index is 1.66. The summed E-state index contributed by atoms with van der Waals surface area (Å²) >= 11 is 24.0. The Morgan fingerprint density at radius 1 is 1.06 bits per heavy atom. The quantitative estimate of drug-likeness (QED) is 0.254. The van der Waals surface area contributed by atoms with Crippen LogP contribution < -0.4 is 19.6 Å². The van der Waals surface area contributed by atoms with E-state index in [0.717, 1.165) is 16.8 Å². The maximum Gasteiger partial charge on any atom is 0.341 e. The van der Waals surface area contributed by atoms with Crippen molar-refractivity contribution in [2.24, 2.45) is 0 Å². The molecule has 0 aromatic heterocycles. The van der Waals surface area contributed by atoms with Crippen LogP contribution in [0.1, 0.15) is 5.56 Å². The average molecular weight is 578 g/mol. The molecule has 0 saturated carbocycles. The lowest BCUT2D eigenvalue weighted by molar-refractivity contribution is -0.139. The molecule has 184 valence electrons. The van der Waals surface area contributed by atoms with E-state index in [1.807, 2.05) is 0 Å². The highest BCUT2D eigenvalue weighted by atomic mass is 35.5.